The number of anilines is 6. The van der Waals surface area contributed by atoms with E-state index in [4.69, 9.17) is 8.83 Å². The van der Waals surface area contributed by atoms with Gasteiger partial charge in [-0.1, -0.05) is 153 Å². The van der Waals surface area contributed by atoms with Gasteiger partial charge < -0.3 is 18.6 Å². The van der Waals surface area contributed by atoms with Gasteiger partial charge in [-0.25, -0.2) is 0 Å². The zero-order valence-corrected chi connectivity index (χ0v) is 37.5. The van der Waals surface area contributed by atoms with Crippen LogP contribution in [0.4, 0.5) is 34.1 Å². The Bertz CT molecular complexity index is 4040. The molecule has 3 aliphatic rings. The molecule has 0 atom stereocenters. The van der Waals surface area contributed by atoms with Crippen LogP contribution in [0.25, 0.3) is 77.3 Å². The van der Waals surface area contributed by atoms with Crippen molar-refractivity contribution in [3.8, 4) is 33.8 Å². The van der Waals surface area contributed by atoms with E-state index in [0.717, 1.165) is 61.0 Å². The average Bonchev–Trinajstić information content (AvgIpc) is 4.03. The summed E-state index contributed by atoms with van der Waals surface area (Å²) in [6.07, 6.45) is 0. The fraction of sp³-hybridized carbons (Fsp3) is 0.0476. The number of fused-ring (bicyclic) bond motifs is 10. The lowest BCUT2D eigenvalue weighted by Gasteiger charge is -2.49. The van der Waals surface area contributed by atoms with Crippen LogP contribution in [0.2, 0.25) is 0 Å². The number of hydrogen-bond donors (Lipinski definition) is 0. The third-order valence-corrected chi connectivity index (χ3v) is 15.1. The summed E-state index contributed by atoms with van der Waals surface area (Å²) in [6.45, 7) is 4.75. The minimum atomic E-state index is -0.209. The van der Waals surface area contributed by atoms with E-state index in [9.17, 15) is 0 Å². The predicted octanol–water partition coefficient (Wildman–Crippen LogP) is 15.2. The number of benzene rings is 10. The molecule has 4 nitrogen and oxygen atoms in total. The molecule has 0 spiro atoms. The lowest BCUT2D eigenvalue weighted by molar-refractivity contribution is 0.631. The Morgan fingerprint density at radius 1 is 0.368 bits per heavy atom. The van der Waals surface area contributed by atoms with Gasteiger partial charge in [0.25, 0.3) is 6.71 Å². The van der Waals surface area contributed by atoms with Crippen LogP contribution in [0.5, 0.6) is 0 Å². The number of rotatable bonds is 4. The Balaban J connectivity index is 1.00. The lowest BCUT2D eigenvalue weighted by atomic mass is 9.33. The summed E-state index contributed by atoms with van der Waals surface area (Å²) in [5.41, 5.74) is 19.9. The van der Waals surface area contributed by atoms with Crippen molar-refractivity contribution in [3.05, 3.63) is 223 Å². The fourth-order valence-electron chi connectivity index (χ4n) is 11.9. The van der Waals surface area contributed by atoms with E-state index in [1.54, 1.807) is 0 Å². The standard InChI is InChI=1S/C63H41BN2O2/c1-63(2)49-17-8-9-20-53(49)66-56-35-47(38-13-4-3-5-14-38)34-55-61(56)64(51-19-12-18-50(63)62(51)66)52-32-46-30-45(60-37-43-16-7-11-22-58(43)68-60)26-24-41(46)33-54(52)65(55)48-28-27-39-29-44(25-23-40(39)31-48)59-36-42-15-6-10-21-57(42)67-59/h3-37H,1-2H3. The van der Waals surface area contributed by atoms with Crippen LogP contribution in [0.1, 0.15) is 25.0 Å². The van der Waals surface area contributed by atoms with E-state index in [1.807, 2.05) is 24.3 Å². The summed E-state index contributed by atoms with van der Waals surface area (Å²) >= 11 is 0. The molecule has 12 aromatic rings. The molecule has 0 saturated carbocycles. The number of hydrogen-bond acceptors (Lipinski definition) is 4. The molecule has 0 radical (unpaired) electrons. The average molecular weight is 869 g/mol. The highest BCUT2D eigenvalue weighted by molar-refractivity contribution is 7.00. The smallest absolute Gasteiger partial charge is 0.252 e. The third kappa shape index (κ3) is 5.33. The van der Waals surface area contributed by atoms with E-state index in [1.165, 1.54) is 77.9 Å². The van der Waals surface area contributed by atoms with Crippen LogP contribution in [0, 0.1) is 0 Å². The normalized spacial score (nSPS) is 14.1. The molecular weight excluding hydrogens is 828 g/mol. The van der Waals surface area contributed by atoms with Crippen molar-refractivity contribution in [1.82, 2.24) is 0 Å². The molecule has 318 valence electrons. The van der Waals surface area contributed by atoms with Crippen LogP contribution >= 0.6 is 0 Å². The molecule has 3 aliphatic heterocycles. The van der Waals surface area contributed by atoms with Gasteiger partial charge >= 0.3 is 0 Å². The van der Waals surface area contributed by atoms with Gasteiger partial charge in [-0.05, 0) is 133 Å². The molecule has 5 heteroatoms. The van der Waals surface area contributed by atoms with Gasteiger partial charge in [0.1, 0.15) is 22.7 Å². The van der Waals surface area contributed by atoms with E-state index >= 15 is 0 Å². The van der Waals surface area contributed by atoms with Gasteiger partial charge in [0.05, 0.1) is 5.69 Å². The quantitative estimate of drug-likeness (QED) is 0.165. The molecular formula is C63H41BN2O2. The van der Waals surface area contributed by atoms with Crippen LogP contribution in [-0.2, 0) is 5.41 Å². The molecule has 10 aromatic carbocycles. The Morgan fingerprint density at radius 3 is 1.71 bits per heavy atom. The van der Waals surface area contributed by atoms with Crippen molar-refractivity contribution in [2.24, 2.45) is 0 Å². The zero-order chi connectivity index (χ0) is 44.8. The minimum Gasteiger partial charge on any atom is -0.456 e. The predicted molar refractivity (Wildman–Crippen MR) is 283 cm³/mol. The first-order valence-corrected chi connectivity index (χ1v) is 23.6. The van der Waals surface area contributed by atoms with Crippen molar-refractivity contribution in [3.63, 3.8) is 0 Å². The van der Waals surface area contributed by atoms with Gasteiger partial charge in [-0.3, -0.25) is 0 Å². The second-order valence-electron chi connectivity index (χ2n) is 19.3. The second-order valence-corrected chi connectivity index (χ2v) is 19.3. The first-order chi connectivity index (χ1) is 33.4. The molecule has 2 aromatic heterocycles. The number of nitrogens with zero attached hydrogens (tertiary/aromatic N) is 2. The third-order valence-electron chi connectivity index (χ3n) is 15.1. The Kier molecular flexibility index (Phi) is 7.62. The molecule has 15 rings (SSSR count). The Hall–Kier alpha value is -8.54. The summed E-state index contributed by atoms with van der Waals surface area (Å²) in [5.74, 6) is 1.75. The molecule has 0 bridgehead atoms. The van der Waals surface area contributed by atoms with Gasteiger partial charge in [0, 0.05) is 55.8 Å². The van der Waals surface area contributed by atoms with Gasteiger partial charge in [0.15, 0.2) is 0 Å². The van der Waals surface area contributed by atoms with Gasteiger partial charge in [0.2, 0.25) is 0 Å². The first kappa shape index (κ1) is 37.7. The van der Waals surface area contributed by atoms with E-state index in [-0.39, 0.29) is 12.1 Å². The van der Waals surface area contributed by atoms with Crippen molar-refractivity contribution < 1.29 is 8.83 Å². The SMILES string of the molecule is CC1(C)c2ccccc2N2c3cc(-c4ccccc4)cc4c3B(c3cc5cc(-c6cc7ccccc7o6)ccc5cc3N4c3ccc4cc(-c5cc6ccccc6o5)ccc4c3)c3cccc1c32. The second kappa shape index (κ2) is 13.8. The fourth-order valence-corrected chi connectivity index (χ4v) is 11.9. The lowest BCUT2D eigenvalue weighted by Crippen LogP contribution is -2.62. The Morgan fingerprint density at radius 2 is 0.971 bits per heavy atom. The van der Waals surface area contributed by atoms with E-state index in [0.29, 0.717) is 0 Å². The molecule has 0 amide bonds. The van der Waals surface area contributed by atoms with Crippen LogP contribution in [-0.4, -0.2) is 6.71 Å². The maximum atomic E-state index is 6.45. The van der Waals surface area contributed by atoms with Crippen molar-refractivity contribution >= 4 is 101 Å². The van der Waals surface area contributed by atoms with Crippen LogP contribution in [0.15, 0.2) is 221 Å². The zero-order valence-electron chi connectivity index (χ0n) is 37.5. The number of para-hydroxylation sites is 4. The van der Waals surface area contributed by atoms with E-state index < -0.39 is 0 Å². The molecule has 68 heavy (non-hydrogen) atoms. The maximum Gasteiger partial charge on any atom is 0.252 e. The number of furan rings is 2. The molecule has 0 aliphatic carbocycles. The highest BCUT2D eigenvalue weighted by Gasteiger charge is 2.48. The first-order valence-electron chi connectivity index (χ1n) is 23.6. The largest absolute Gasteiger partial charge is 0.456 e. The summed E-state index contributed by atoms with van der Waals surface area (Å²) in [5, 5.41) is 6.89. The molecule has 5 heterocycles. The van der Waals surface area contributed by atoms with Crippen LogP contribution in [0.3, 0.4) is 0 Å². The van der Waals surface area contributed by atoms with Gasteiger partial charge in [-0.15, -0.1) is 0 Å². The van der Waals surface area contributed by atoms with Crippen molar-refractivity contribution in [2.75, 3.05) is 9.80 Å². The minimum absolute atomic E-state index is 0.0329. The van der Waals surface area contributed by atoms with E-state index in [2.05, 4.69) is 212 Å². The highest BCUT2D eigenvalue weighted by atomic mass is 16.3. The van der Waals surface area contributed by atoms with Crippen LogP contribution < -0.4 is 26.2 Å². The summed E-state index contributed by atoms with van der Waals surface area (Å²) in [6, 6.07) is 78.0. The van der Waals surface area contributed by atoms with Crippen molar-refractivity contribution in [2.45, 2.75) is 19.3 Å². The molecule has 0 N–H and O–H groups in total. The summed E-state index contributed by atoms with van der Waals surface area (Å²) < 4.78 is 12.8. The summed E-state index contributed by atoms with van der Waals surface area (Å²) in [4.78, 5) is 5.14. The molecule has 0 fully saturated rings. The topological polar surface area (TPSA) is 32.8 Å². The molecule has 0 saturated heterocycles. The Labute approximate surface area is 394 Å². The maximum absolute atomic E-state index is 6.45. The highest BCUT2D eigenvalue weighted by Crippen LogP contribution is 2.55. The molecule has 0 unspecified atom stereocenters. The summed E-state index contributed by atoms with van der Waals surface area (Å²) in [7, 11) is 0. The van der Waals surface area contributed by atoms with Crippen molar-refractivity contribution in [1.29, 1.82) is 0 Å². The monoisotopic (exact) mass is 868 g/mol. The van der Waals surface area contributed by atoms with Gasteiger partial charge in [-0.2, -0.15) is 0 Å².